The Balaban J connectivity index is 0.00000240. The number of imidazole rings is 1. The number of rotatable bonds is 6. The molecule has 150 valence electrons. The fourth-order valence-corrected chi connectivity index (χ4v) is 4.53. The van der Waals surface area contributed by atoms with Gasteiger partial charge in [-0.15, -0.1) is 12.4 Å². The van der Waals surface area contributed by atoms with Gasteiger partial charge in [0.05, 0.1) is 16.5 Å². The number of carbonyl (C=O) groups excluding carboxylic acids is 1. The minimum absolute atomic E-state index is 0. The number of halogens is 3. The van der Waals surface area contributed by atoms with Gasteiger partial charge in [-0.1, -0.05) is 38.9 Å². The van der Waals surface area contributed by atoms with Crippen LogP contribution in [0, 0.1) is 0 Å². The molecule has 2 aromatic carbocycles. The van der Waals surface area contributed by atoms with Crippen LogP contribution in [0.4, 0.5) is 5.13 Å². The van der Waals surface area contributed by atoms with Gasteiger partial charge < -0.3 is 4.57 Å². The van der Waals surface area contributed by atoms with E-state index in [1.165, 1.54) is 11.3 Å². The molecule has 4 rings (SSSR count). The molecule has 0 N–H and O–H groups in total. The highest BCUT2D eigenvalue weighted by Crippen LogP contribution is 2.32. The highest BCUT2D eigenvalue weighted by atomic mass is 79.9. The predicted molar refractivity (Wildman–Crippen MR) is 125 cm³/mol. The molecule has 2 aromatic heterocycles. The number of hydrogen-bond donors (Lipinski definition) is 0. The number of aromatic nitrogens is 3. The average molecular weight is 512 g/mol. The smallest absolute Gasteiger partial charge is 0.260 e. The number of anilines is 1. The lowest BCUT2D eigenvalue weighted by Gasteiger charge is -2.20. The molecule has 0 saturated carbocycles. The van der Waals surface area contributed by atoms with Crippen molar-refractivity contribution in [3.8, 4) is 0 Å². The summed E-state index contributed by atoms with van der Waals surface area (Å²) in [7, 11) is 0. The van der Waals surface area contributed by atoms with Crippen molar-refractivity contribution < 1.29 is 4.79 Å². The van der Waals surface area contributed by atoms with Crippen LogP contribution in [0.25, 0.3) is 10.2 Å². The van der Waals surface area contributed by atoms with Crippen molar-refractivity contribution >= 4 is 72.5 Å². The normalized spacial score (nSPS) is 10.7. The fourth-order valence-electron chi connectivity index (χ4n) is 2.86. The van der Waals surface area contributed by atoms with Gasteiger partial charge in [-0.2, -0.15) is 0 Å². The van der Waals surface area contributed by atoms with Gasteiger partial charge in [0, 0.05) is 40.5 Å². The number of amides is 1. The molecular formula is C20H17BrCl2N4OS. The Bertz CT molecular complexity index is 1100. The lowest BCUT2D eigenvalue weighted by Crippen LogP contribution is -2.32. The maximum atomic E-state index is 13.2. The van der Waals surface area contributed by atoms with Crippen LogP contribution in [0.15, 0.2) is 65.7 Å². The summed E-state index contributed by atoms with van der Waals surface area (Å²) in [6.45, 7) is 1.33. The third kappa shape index (κ3) is 5.17. The van der Waals surface area contributed by atoms with E-state index in [0.717, 1.165) is 27.7 Å². The van der Waals surface area contributed by atoms with E-state index in [9.17, 15) is 4.79 Å². The molecule has 4 aromatic rings. The van der Waals surface area contributed by atoms with E-state index in [0.29, 0.717) is 22.3 Å². The van der Waals surface area contributed by atoms with Crippen LogP contribution >= 0.6 is 51.3 Å². The van der Waals surface area contributed by atoms with Crippen molar-refractivity contribution in [1.82, 2.24) is 14.5 Å². The molecule has 2 heterocycles. The van der Waals surface area contributed by atoms with E-state index in [1.54, 1.807) is 41.7 Å². The van der Waals surface area contributed by atoms with Gasteiger partial charge in [0.1, 0.15) is 0 Å². The Morgan fingerprint density at radius 1 is 1.21 bits per heavy atom. The Morgan fingerprint density at radius 2 is 2.00 bits per heavy atom. The topological polar surface area (TPSA) is 51.0 Å². The lowest BCUT2D eigenvalue weighted by molar-refractivity contribution is 0.0986. The van der Waals surface area contributed by atoms with Crippen LogP contribution < -0.4 is 4.90 Å². The van der Waals surface area contributed by atoms with Crippen molar-refractivity contribution in [2.24, 2.45) is 0 Å². The summed E-state index contributed by atoms with van der Waals surface area (Å²) in [6, 6.07) is 12.9. The molecule has 0 fully saturated rings. The van der Waals surface area contributed by atoms with Gasteiger partial charge in [-0.3, -0.25) is 9.69 Å². The summed E-state index contributed by atoms with van der Waals surface area (Å²) < 4.78 is 4.03. The largest absolute Gasteiger partial charge is 0.337 e. The van der Waals surface area contributed by atoms with Gasteiger partial charge in [0.25, 0.3) is 5.91 Å². The van der Waals surface area contributed by atoms with Gasteiger partial charge in [-0.25, -0.2) is 9.97 Å². The summed E-state index contributed by atoms with van der Waals surface area (Å²) in [4.78, 5) is 23.7. The first-order chi connectivity index (χ1) is 13.6. The molecule has 1 amide bonds. The van der Waals surface area contributed by atoms with Crippen LogP contribution in [0.3, 0.4) is 0 Å². The van der Waals surface area contributed by atoms with Gasteiger partial charge in [-0.05, 0) is 48.9 Å². The quantitative estimate of drug-likeness (QED) is 0.315. The number of thiazole rings is 1. The van der Waals surface area contributed by atoms with Crippen molar-refractivity contribution in [2.75, 3.05) is 11.4 Å². The number of nitrogens with zero attached hydrogens (tertiary/aromatic N) is 4. The molecular weight excluding hydrogens is 495 g/mol. The summed E-state index contributed by atoms with van der Waals surface area (Å²) >= 11 is 11.0. The zero-order valence-corrected chi connectivity index (χ0v) is 19.1. The summed E-state index contributed by atoms with van der Waals surface area (Å²) in [5.41, 5.74) is 1.47. The Labute approximate surface area is 191 Å². The summed E-state index contributed by atoms with van der Waals surface area (Å²) in [6.07, 6.45) is 6.23. The standard InChI is InChI=1S/C20H16BrClN4OS.ClH/c21-15-4-7-17-18(12-15)28-20(24-17)26(10-1-9-25-11-8-23-13-25)19(27)14-2-5-16(22)6-3-14;/h2-8,11-13H,1,9-10H2;1H. The number of fused-ring (bicyclic) bond motifs is 1. The van der Waals surface area contributed by atoms with E-state index in [-0.39, 0.29) is 18.3 Å². The highest BCUT2D eigenvalue weighted by Gasteiger charge is 2.21. The predicted octanol–water partition coefficient (Wildman–Crippen LogP) is 6.07. The molecule has 0 unspecified atom stereocenters. The van der Waals surface area contributed by atoms with Crippen LogP contribution in [-0.4, -0.2) is 27.0 Å². The molecule has 0 radical (unpaired) electrons. The fraction of sp³-hybridized carbons (Fsp3) is 0.150. The van der Waals surface area contributed by atoms with Crippen molar-refractivity contribution in [2.45, 2.75) is 13.0 Å². The monoisotopic (exact) mass is 510 g/mol. The zero-order chi connectivity index (χ0) is 19.5. The van der Waals surface area contributed by atoms with Crippen LogP contribution in [-0.2, 0) is 6.54 Å². The van der Waals surface area contributed by atoms with Crippen molar-refractivity contribution in [3.63, 3.8) is 0 Å². The van der Waals surface area contributed by atoms with Crippen LogP contribution in [0.1, 0.15) is 16.8 Å². The first kappa shape index (κ1) is 21.8. The second-order valence-electron chi connectivity index (χ2n) is 6.23. The minimum Gasteiger partial charge on any atom is -0.337 e. The van der Waals surface area contributed by atoms with Gasteiger partial charge in [0.2, 0.25) is 0 Å². The number of aryl methyl sites for hydroxylation is 1. The van der Waals surface area contributed by atoms with Crippen LogP contribution in [0.5, 0.6) is 0 Å². The number of benzene rings is 2. The second-order valence-corrected chi connectivity index (χ2v) is 8.59. The molecule has 0 bridgehead atoms. The molecule has 0 spiro atoms. The SMILES string of the molecule is Cl.O=C(c1ccc(Cl)cc1)N(CCCn1ccnc1)c1nc2ccc(Br)cc2s1. The first-order valence-electron chi connectivity index (χ1n) is 8.69. The Morgan fingerprint density at radius 3 is 2.72 bits per heavy atom. The van der Waals surface area contributed by atoms with E-state index in [4.69, 9.17) is 16.6 Å². The minimum atomic E-state index is -0.0829. The maximum Gasteiger partial charge on any atom is 0.260 e. The molecule has 0 aliphatic heterocycles. The average Bonchev–Trinajstić information content (AvgIpc) is 3.34. The molecule has 0 saturated heterocycles. The molecule has 9 heteroatoms. The molecule has 0 aliphatic carbocycles. The number of carbonyl (C=O) groups is 1. The van der Waals surface area contributed by atoms with E-state index >= 15 is 0 Å². The Kier molecular flexibility index (Phi) is 7.29. The molecule has 5 nitrogen and oxygen atoms in total. The Hall–Kier alpha value is -1.93. The maximum absolute atomic E-state index is 13.2. The van der Waals surface area contributed by atoms with Gasteiger partial charge >= 0.3 is 0 Å². The third-order valence-electron chi connectivity index (χ3n) is 4.26. The van der Waals surface area contributed by atoms with E-state index < -0.39 is 0 Å². The van der Waals surface area contributed by atoms with Crippen molar-refractivity contribution in [1.29, 1.82) is 0 Å². The molecule has 0 aliphatic rings. The highest BCUT2D eigenvalue weighted by molar-refractivity contribution is 9.10. The molecule has 0 atom stereocenters. The summed E-state index contributed by atoms with van der Waals surface area (Å²) in [5, 5.41) is 1.30. The van der Waals surface area contributed by atoms with E-state index in [1.807, 2.05) is 29.0 Å². The first-order valence-corrected chi connectivity index (χ1v) is 10.7. The lowest BCUT2D eigenvalue weighted by atomic mass is 10.2. The zero-order valence-electron chi connectivity index (χ0n) is 15.2. The second kappa shape index (κ2) is 9.71. The van der Waals surface area contributed by atoms with Gasteiger partial charge in [0.15, 0.2) is 5.13 Å². The summed E-state index contributed by atoms with van der Waals surface area (Å²) in [5.74, 6) is -0.0829. The molecule has 29 heavy (non-hydrogen) atoms. The third-order valence-corrected chi connectivity index (χ3v) is 6.05. The van der Waals surface area contributed by atoms with Crippen LogP contribution in [0.2, 0.25) is 5.02 Å². The number of hydrogen-bond acceptors (Lipinski definition) is 4. The van der Waals surface area contributed by atoms with E-state index in [2.05, 4.69) is 20.9 Å². The van der Waals surface area contributed by atoms with Crippen molar-refractivity contribution in [3.05, 3.63) is 76.2 Å².